The van der Waals surface area contributed by atoms with Gasteiger partial charge in [-0.3, -0.25) is 0 Å². The van der Waals surface area contributed by atoms with Gasteiger partial charge in [-0.1, -0.05) is 24.3 Å². The molecule has 0 aromatic heterocycles. The van der Waals surface area contributed by atoms with Gasteiger partial charge in [-0.2, -0.15) is 0 Å². The Kier molecular flexibility index (Phi) is 4.30. The minimum atomic E-state index is -0.971. The second kappa shape index (κ2) is 4.74. The quantitative estimate of drug-likeness (QED) is 0.524. The molecule has 0 amide bonds. The first-order chi connectivity index (χ1) is 5.07. The molecule has 0 spiro atoms. The van der Waals surface area contributed by atoms with Gasteiger partial charge in [0.05, 0.1) is 5.57 Å². The molecule has 0 aromatic rings. The maximum atomic E-state index is 10.4. The van der Waals surface area contributed by atoms with Gasteiger partial charge in [-0.05, 0) is 19.1 Å². The Morgan fingerprint density at radius 2 is 2.09 bits per heavy atom. The molecule has 0 bridgehead atoms. The maximum Gasteiger partial charge on any atom is 0.335 e. The van der Waals surface area contributed by atoms with Crippen LogP contribution in [0, 0.1) is 0 Å². The normalized spacial score (nSPS) is 12.0. The van der Waals surface area contributed by atoms with Gasteiger partial charge in [-0.25, -0.2) is 4.79 Å². The van der Waals surface area contributed by atoms with E-state index in [2.05, 4.69) is 6.58 Å². The lowest BCUT2D eigenvalue weighted by Crippen LogP contribution is -1.96. The summed E-state index contributed by atoms with van der Waals surface area (Å²) in [4.78, 5) is 10.4. The largest absolute Gasteiger partial charge is 0.478 e. The molecule has 0 aliphatic heterocycles. The van der Waals surface area contributed by atoms with Gasteiger partial charge in [0.25, 0.3) is 0 Å². The van der Waals surface area contributed by atoms with Crippen molar-refractivity contribution in [3.8, 4) is 0 Å². The fraction of sp³-hybridized carbons (Fsp3) is 0.125. The second-order valence-corrected chi connectivity index (χ2v) is 2.31. The molecule has 0 fully saturated rings. The first-order valence-corrected chi connectivity index (χ1v) is 3.37. The standard InChI is InChI=1S/C8H9ClO2/c1-3-7(8(10)11)5-4-6(2)9/h3-5H,2H2,1H3,(H,10,11)/b5-4-,7-3+. The van der Waals surface area contributed by atoms with Crippen molar-refractivity contribution in [2.45, 2.75) is 6.92 Å². The Labute approximate surface area is 70.5 Å². The summed E-state index contributed by atoms with van der Waals surface area (Å²) in [7, 11) is 0. The van der Waals surface area contributed by atoms with E-state index in [1.807, 2.05) is 0 Å². The molecule has 3 heteroatoms. The van der Waals surface area contributed by atoms with Crippen LogP contribution in [0.3, 0.4) is 0 Å². The molecule has 1 N–H and O–H groups in total. The molecule has 0 radical (unpaired) electrons. The van der Waals surface area contributed by atoms with Gasteiger partial charge >= 0.3 is 5.97 Å². The predicted molar refractivity (Wildman–Crippen MR) is 45.5 cm³/mol. The summed E-state index contributed by atoms with van der Waals surface area (Å²) in [6.45, 7) is 5.02. The highest BCUT2D eigenvalue weighted by Gasteiger charge is 1.99. The van der Waals surface area contributed by atoms with Gasteiger partial charge in [0.2, 0.25) is 0 Å². The zero-order valence-electron chi connectivity index (χ0n) is 6.17. The molecule has 0 aliphatic rings. The zero-order chi connectivity index (χ0) is 8.85. The number of hydrogen-bond acceptors (Lipinski definition) is 1. The Balaban J connectivity index is 4.34. The lowest BCUT2D eigenvalue weighted by molar-refractivity contribution is -0.132. The van der Waals surface area contributed by atoms with Crippen molar-refractivity contribution in [3.63, 3.8) is 0 Å². The van der Waals surface area contributed by atoms with Crippen molar-refractivity contribution in [2.75, 3.05) is 0 Å². The number of hydrogen-bond donors (Lipinski definition) is 1. The smallest absolute Gasteiger partial charge is 0.335 e. The third-order valence-electron chi connectivity index (χ3n) is 1.00. The highest BCUT2D eigenvalue weighted by Crippen LogP contribution is 2.03. The highest BCUT2D eigenvalue weighted by atomic mass is 35.5. The summed E-state index contributed by atoms with van der Waals surface area (Å²) in [6.07, 6.45) is 4.32. The van der Waals surface area contributed by atoms with Gasteiger partial charge in [0, 0.05) is 5.03 Å². The number of allylic oxidation sites excluding steroid dienone is 3. The van der Waals surface area contributed by atoms with Crippen LogP contribution in [-0.2, 0) is 4.79 Å². The molecule has 0 atom stereocenters. The van der Waals surface area contributed by atoms with E-state index in [0.717, 1.165) is 0 Å². The zero-order valence-corrected chi connectivity index (χ0v) is 6.93. The maximum absolute atomic E-state index is 10.4. The summed E-state index contributed by atoms with van der Waals surface area (Å²) in [5, 5.41) is 8.80. The molecule has 60 valence electrons. The van der Waals surface area contributed by atoms with Crippen LogP contribution in [0.2, 0.25) is 0 Å². The van der Waals surface area contributed by atoms with Gasteiger partial charge < -0.3 is 5.11 Å². The number of aliphatic carboxylic acids is 1. The van der Waals surface area contributed by atoms with Crippen molar-refractivity contribution in [1.29, 1.82) is 0 Å². The Morgan fingerprint density at radius 1 is 1.55 bits per heavy atom. The van der Waals surface area contributed by atoms with Crippen molar-refractivity contribution in [3.05, 3.63) is 35.4 Å². The molecule has 11 heavy (non-hydrogen) atoms. The van der Waals surface area contributed by atoms with Crippen LogP contribution in [0.15, 0.2) is 35.4 Å². The lowest BCUT2D eigenvalue weighted by atomic mass is 10.2. The third kappa shape index (κ3) is 4.39. The SMILES string of the molecule is C=C(Cl)/C=C\C(=C/C)C(=O)O. The van der Waals surface area contributed by atoms with Crippen LogP contribution in [0.1, 0.15) is 6.92 Å². The highest BCUT2D eigenvalue weighted by molar-refractivity contribution is 6.30. The average Bonchev–Trinajstić information content (AvgIpc) is 1.87. The number of rotatable bonds is 3. The number of carboxylic acid groups (broad SMARTS) is 1. The molecular weight excluding hydrogens is 164 g/mol. The van der Waals surface area contributed by atoms with E-state index in [1.165, 1.54) is 18.2 Å². The summed E-state index contributed by atoms with van der Waals surface area (Å²) in [6, 6.07) is 0. The predicted octanol–water partition coefficient (Wildman–Crippen LogP) is 2.33. The molecular formula is C8H9ClO2. The van der Waals surface area contributed by atoms with Crippen molar-refractivity contribution in [2.24, 2.45) is 0 Å². The van der Waals surface area contributed by atoms with E-state index < -0.39 is 5.97 Å². The fourth-order valence-electron chi connectivity index (χ4n) is 0.471. The van der Waals surface area contributed by atoms with E-state index >= 15 is 0 Å². The summed E-state index contributed by atoms with van der Waals surface area (Å²) < 4.78 is 0. The Bertz CT molecular complexity index is 226. The second-order valence-electron chi connectivity index (χ2n) is 1.83. The fourth-order valence-corrected chi connectivity index (χ4v) is 0.534. The van der Waals surface area contributed by atoms with E-state index in [-0.39, 0.29) is 5.57 Å². The van der Waals surface area contributed by atoms with Gasteiger partial charge in [0.1, 0.15) is 0 Å². The average molecular weight is 173 g/mol. The Hall–Kier alpha value is -1.02. The number of halogens is 1. The van der Waals surface area contributed by atoms with Crippen molar-refractivity contribution < 1.29 is 9.90 Å². The van der Waals surface area contributed by atoms with Crippen LogP contribution in [-0.4, -0.2) is 11.1 Å². The van der Waals surface area contributed by atoms with Crippen LogP contribution < -0.4 is 0 Å². The molecule has 0 aliphatic carbocycles. The summed E-state index contributed by atoms with van der Waals surface area (Å²) in [5.41, 5.74) is 0.201. The number of carbonyl (C=O) groups is 1. The van der Waals surface area contributed by atoms with E-state index in [9.17, 15) is 4.79 Å². The van der Waals surface area contributed by atoms with Crippen molar-refractivity contribution in [1.82, 2.24) is 0 Å². The first kappa shape index (κ1) is 9.98. The number of carboxylic acids is 1. The molecule has 0 heterocycles. The van der Waals surface area contributed by atoms with E-state index in [1.54, 1.807) is 6.92 Å². The summed E-state index contributed by atoms with van der Waals surface area (Å²) in [5.74, 6) is -0.971. The molecule has 0 saturated carbocycles. The minimum absolute atomic E-state index is 0.201. The van der Waals surface area contributed by atoms with Crippen LogP contribution in [0.5, 0.6) is 0 Å². The van der Waals surface area contributed by atoms with Gasteiger partial charge in [-0.15, -0.1) is 0 Å². The summed E-state index contributed by atoms with van der Waals surface area (Å²) >= 11 is 5.38. The van der Waals surface area contributed by atoms with Crippen LogP contribution >= 0.6 is 11.6 Å². The molecule has 0 saturated heterocycles. The molecule has 0 unspecified atom stereocenters. The third-order valence-corrected chi connectivity index (χ3v) is 1.13. The van der Waals surface area contributed by atoms with Gasteiger partial charge in [0.15, 0.2) is 0 Å². The molecule has 0 rings (SSSR count). The lowest BCUT2D eigenvalue weighted by Gasteiger charge is -1.90. The molecule has 0 aromatic carbocycles. The van der Waals surface area contributed by atoms with E-state index in [0.29, 0.717) is 5.03 Å². The van der Waals surface area contributed by atoms with Crippen LogP contribution in [0.4, 0.5) is 0 Å². The van der Waals surface area contributed by atoms with E-state index in [4.69, 9.17) is 16.7 Å². The minimum Gasteiger partial charge on any atom is -0.478 e. The van der Waals surface area contributed by atoms with Crippen molar-refractivity contribution >= 4 is 17.6 Å². The Morgan fingerprint density at radius 3 is 2.36 bits per heavy atom. The molecule has 2 nitrogen and oxygen atoms in total. The monoisotopic (exact) mass is 172 g/mol. The topological polar surface area (TPSA) is 37.3 Å². The first-order valence-electron chi connectivity index (χ1n) is 3.00. The van der Waals surface area contributed by atoms with Crippen LogP contribution in [0.25, 0.3) is 0 Å².